The molecule has 0 aliphatic rings. The molecule has 0 saturated heterocycles. The van der Waals surface area contributed by atoms with E-state index in [1.54, 1.807) is 7.11 Å². The molecule has 0 N–H and O–H groups in total. The smallest absolute Gasteiger partial charge is 0.0713 e. The molecule has 1 atom stereocenters. The van der Waals surface area contributed by atoms with Crippen LogP contribution in [0.2, 0.25) is 0 Å². The van der Waals surface area contributed by atoms with Crippen LogP contribution in [0.1, 0.15) is 25.8 Å². The molecule has 0 amide bonds. The summed E-state index contributed by atoms with van der Waals surface area (Å²) in [5, 5.41) is 8.91. The van der Waals surface area contributed by atoms with Crippen LogP contribution in [0, 0.1) is 16.7 Å². The largest absolute Gasteiger partial charge is 0.380 e. The fourth-order valence-electron chi connectivity index (χ4n) is 1.43. The predicted molar refractivity (Wildman–Crippen MR) is 72.4 cm³/mol. The van der Waals surface area contributed by atoms with Gasteiger partial charge in [0.1, 0.15) is 0 Å². The zero-order valence-corrected chi connectivity index (χ0v) is 11.9. The van der Waals surface area contributed by atoms with Crippen molar-refractivity contribution in [3.8, 4) is 6.07 Å². The van der Waals surface area contributed by atoms with Gasteiger partial charge in [0.05, 0.1) is 28.9 Å². The lowest BCUT2D eigenvalue weighted by Crippen LogP contribution is -2.12. The molecule has 0 aliphatic carbocycles. The summed E-state index contributed by atoms with van der Waals surface area (Å²) in [7, 11) is 0.613. The third-order valence-corrected chi connectivity index (χ3v) is 4.09. The highest BCUT2D eigenvalue weighted by atomic mass is 32.2. The first-order chi connectivity index (χ1) is 8.48. The fourth-order valence-corrected chi connectivity index (χ4v) is 2.80. The minimum atomic E-state index is -1.04. The minimum absolute atomic E-state index is 0.411. The first kappa shape index (κ1) is 14.9. The Kier molecular flexibility index (Phi) is 5.52. The topological polar surface area (TPSA) is 50.1 Å². The minimum Gasteiger partial charge on any atom is -0.380 e. The van der Waals surface area contributed by atoms with E-state index in [9.17, 15) is 4.21 Å². The summed E-state index contributed by atoms with van der Waals surface area (Å²) in [4.78, 5) is 0.809. The summed E-state index contributed by atoms with van der Waals surface area (Å²) >= 11 is 0. The Morgan fingerprint density at radius 1 is 1.33 bits per heavy atom. The van der Waals surface area contributed by atoms with E-state index in [-0.39, 0.29) is 0 Å². The molecule has 0 bridgehead atoms. The van der Waals surface area contributed by atoms with Crippen LogP contribution in [0.3, 0.4) is 0 Å². The average molecular weight is 265 g/mol. The Bertz CT molecular complexity index is 446. The van der Waals surface area contributed by atoms with E-state index >= 15 is 0 Å². The summed E-state index contributed by atoms with van der Waals surface area (Å²) in [5.74, 6) is 0.518. The fraction of sp³-hybridized carbons (Fsp3) is 0.500. The predicted octanol–water partition coefficient (Wildman–Crippen LogP) is 2.88. The number of nitrogens with zero attached hydrogens (tertiary/aromatic N) is 1. The zero-order valence-electron chi connectivity index (χ0n) is 11.1. The molecule has 0 fully saturated rings. The van der Waals surface area contributed by atoms with Gasteiger partial charge in [-0.25, -0.2) is 0 Å². The van der Waals surface area contributed by atoms with E-state index in [0.717, 1.165) is 10.5 Å². The highest BCUT2D eigenvalue weighted by Gasteiger charge is 2.18. The van der Waals surface area contributed by atoms with E-state index in [2.05, 4.69) is 6.07 Å². The molecular weight excluding hydrogens is 246 g/mol. The molecule has 0 unspecified atom stereocenters. The molecule has 0 aliphatic heterocycles. The van der Waals surface area contributed by atoms with Crippen molar-refractivity contribution in [2.45, 2.75) is 31.8 Å². The molecule has 3 nitrogen and oxygen atoms in total. The quantitative estimate of drug-likeness (QED) is 0.794. The Labute approximate surface area is 111 Å². The van der Waals surface area contributed by atoms with Gasteiger partial charge in [-0.2, -0.15) is 5.26 Å². The van der Waals surface area contributed by atoms with Crippen LogP contribution < -0.4 is 0 Å². The highest BCUT2D eigenvalue weighted by Crippen LogP contribution is 2.20. The number of ether oxygens (including phenoxy) is 1. The van der Waals surface area contributed by atoms with E-state index in [1.807, 2.05) is 38.1 Å². The number of hydrogen-bond donors (Lipinski definition) is 0. The van der Waals surface area contributed by atoms with Crippen LogP contribution in [0.25, 0.3) is 0 Å². The summed E-state index contributed by atoms with van der Waals surface area (Å²) in [6, 6.07) is 9.80. The van der Waals surface area contributed by atoms with Gasteiger partial charge in [-0.05, 0) is 38.0 Å². The van der Waals surface area contributed by atoms with Crippen molar-refractivity contribution in [1.82, 2.24) is 0 Å². The highest BCUT2D eigenvalue weighted by molar-refractivity contribution is 7.85. The Hall–Kier alpha value is -1.18. The molecule has 0 aromatic heterocycles. The van der Waals surface area contributed by atoms with Crippen molar-refractivity contribution in [3.05, 3.63) is 29.8 Å². The van der Waals surface area contributed by atoms with Crippen LogP contribution in [-0.2, 0) is 22.1 Å². The molecule has 1 rings (SSSR count). The second-order valence-electron chi connectivity index (χ2n) is 4.87. The van der Waals surface area contributed by atoms with Crippen LogP contribution >= 0.6 is 0 Å². The lowest BCUT2D eigenvalue weighted by molar-refractivity contribution is 0.185. The summed E-state index contributed by atoms with van der Waals surface area (Å²) in [6.45, 7) is 4.30. The zero-order chi connectivity index (χ0) is 13.6. The molecule has 98 valence electrons. The lowest BCUT2D eigenvalue weighted by Gasteiger charge is -2.14. The van der Waals surface area contributed by atoms with Gasteiger partial charge in [-0.15, -0.1) is 0 Å². The normalized spacial score (nSPS) is 13.0. The van der Waals surface area contributed by atoms with E-state index < -0.39 is 16.2 Å². The molecule has 0 saturated carbocycles. The van der Waals surface area contributed by atoms with Gasteiger partial charge in [-0.1, -0.05) is 12.1 Å². The second-order valence-corrected chi connectivity index (χ2v) is 6.44. The second kappa shape index (κ2) is 6.67. The first-order valence-corrected chi connectivity index (χ1v) is 7.18. The van der Waals surface area contributed by atoms with E-state index in [0.29, 0.717) is 18.8 Å². The molecule has 1 aromatic carbocycles. The van der Waals surface area contributed by atoms with Crippen molar-refractivity contribution in [1.29, 1.82) is 5.26 Å². The van der Waals surface area contributed by atoms with Crippen molar-refractivity contribution in [2.75, 3.05) is 12.9 Å². The van der Waals surface area contributed by atoms with Gasteiger partial charge in [0.2, 0.25) is 0 Å². The van der Waals surface area contributed by atoms with Gasteiger partial charge in [0.15, 0.2) is 0 Å². The van der Waals surface area contributed by atoms with E-state index in [4.69, 9.17) is 10.00 Å². The molecule has 1 aromatic rings. The van der Waals surface area contributed by atoms with Gasteiger partial charge in [0.25, 0.3) is 0 Å². The first-order valence-electron chi connectivity index (χ1n) is 5.86. The number of methoxy groups -OCH3 is 1. The lowest BCUT2D eigenvalue weighted by atomic mass is 9.93. The third kappa shape index (κ3) is 4.59. The van der Waals surface area contributed by atoms with Crippen LogP contribution in [0.5, 0.6) is 0 Å². The van der Waals surface area contributed by atoms with Gasteiger partial charge < -0.3 is 4.74 Å². The molecule has 0 spiro atoms. The SMILES string of the molecule is COCc1ccc([S@](=O)CCC(C)(C)C#N)cc1. The van der Waals surface area contributed by atoms with Crippen molar-refractivity contribution < 1.29 is 8.95 Å². The van der Waals surface area contributed by atoms with Crippen molar-refractivity contribution in [2.24, 2.45) is 5.41 Å². The van der Waals surface area contributed by atoms with Gasteiger partial charge >= 0.3 is 0 Å². The Balaban J connectivity index is 2.60. The average Bonchev–Trinajstić information content (AvgIpc) is 2.37. The summed E-state index contributed by atoms with van der Waals surface area (Å²) in [5.41, 5.74) is 0.654. The number of rotatable bonds is 6. The maximum atomic E-state index is 12.0. The molecular formula is C14H19NO2S. The Morgan fingerprint density at radius 2 is 1.94 bits per heavy atom. The summed E-state index contributed by atoms with van der Waals surface area (Å²) in [6.07, 6.45) is 0.635. The van der Waals surface area contributed by atoms with Crippen LogP contribution in [0.4, 0.5) is 0 Å². The molecule has 18 heavy (non-hydrogen) atoms. The molecule has 4 heteroatoms. The van der Waals surface area contributed by atoms with Crippen LogP contribution in [-0.4, -0.2) is 17.1 Å². The van der Waals surface area contributed by atoms with Crippen LogP contribution in [0.15, 0.2) is 29.2 Å². The maximum Gasteiger partial charge on any atom is 0.0713 e. The van der Waals surface area contributed by atoms with Crippen molar-refractivity contribution in [3.63, 3.8) is 0 Å². The molecule has 0 radical (unpaired) electrons. The van der Waals surface area contributed by atoms with E-state index in [1.165, 1.54) is 0 Å². The Morgan fingerprint density at radius 3 is 2.44 bits per heavy atom. The maximum absolute atomic E-state index is 12.0. The number of benzene rings is 1. The van der Waals surface area contributed by atoms with Gasteiger partial charge in [-0.3, -0.25) is 4.21 Å². The number of hydrogen-bond acceptors (Lipinski definition) is 3. The standard InChI is InChI=1S/C14H19NO2S/c1-14(2,11-15)8-9-18(16)13-6-4-12(5-7-13)10-17-3/h4-7H,8-10H2,1-3H3/t18-/m1/s1. The summed E-state index contributed by atoms with van der Waals surface area (Å²) < 4.78 is 17.1. The number of nitriles is 1. The van der Waals surface area contributed by atoms with Crippen molar-refractivity contribution >= 4 is 10.8 Å². The third-order valence-electron chi connectivity index (χ3n) is 2.71. The van der Waals surface area contributed by atoms with Gasteiger partial charge in [0, 0.05) is 17.8 Å². The molecule has 0 heterocycles. The monoisotopic (exact) mass is 265 g/mol.